The van der Waals surface area contributed by atoms with Crippen LogP contribution >= 0.6 is 0 Å². The highest BCUT2D eigenvalue weighted by molar-refractivity contribution is 5.56. The van der Waals surface area contributed by atoms with Gasteiger partial charge < -0.3 is 4.74 Å². The fraction of sp³-hybridized carbons (Fsp3) is 0.300. The molecule has 0 bridgehead atoms. The largest absolute Gasteiger partial charge is 0.494 e. The Morgan fingerprint density at radius 2 is 1.84 bits per heavy atom. The molecule has 25 heavy (non-hydrogen) atoms. The summed E-state index contributed by atoms with van der Waals surface area (Å²) < 4.78 is 21.1. The maximum atomic E-state index is 14.2. The molecule has 0 radical (unpaired) electrons. The monoisotopic (exact) mass is 339 g/mol. The minimum atomic E-state index is -0.408. The van der Waals surface area contributed by atoms with E-state index in [1.165, 1.54) is 13.2 Å². The maximum absolute atomic E-state index is 14.2. The quantitative estimate of drug-likeness (QED) is 0.695. The number of rotatable bonds is 3. The van der Waals surface area contributed by atoms with E-state index < -0.39 is 5.82 Å². The first-order chi connectivity index (χ1) is 11.8. The van der Waals surface area contributed by atoms with E-state index in [4.69, 9.17) is 9.72 Å². The summed E-state index contributed by atoms with van der Waals surface area (Å²) in [5, 5.41) is 0. The zero-order valence-corrected chi connectivity index (χ0v) is 15.2. The third-order valence-corrected chi connectivity index (χ3v) is 4.01. The molecule has 0 unspecified atom stereocenters. The highest BCUT2D eigenvalue weighted by atomic mass is 19.1. The van der Waals surface area contributed by atoms with Gasteiger partial charge in [-0.1, -0.05) is 26.8 Å². The van der Waals surface area contributed by atoms with Gasteiger partial charge in [-0.05, 0) is 31.2 Å². The number of benzene rings is 1. The molecule has 4 nitrogen and oxygen atoms in total. The SMILES string of the molecule is COc1ccc(-n2cc(C(C)(C)C)nc2-c2cccc(C)n2)cc1F. The van der Waals surface area contributed by atoms with Crippen LogP contribution in [0.1, 0.15) is 32.2 Å². The van der Waals surface area contributed by atoms with E-state index in [9.17, 15) is 4.39 Å². The van der Waals surface area contributed by atoms with Crippen molar-refractivity contribution in [3.63, 3.8) is 0 Å². The Morgan fingerprint density at radius 3 is 2.44 bits per heavy atom. The predicted molar refractivity (Wildman–Crippen MR) is 96.7 cm³/mol. The predicted octanol–water partition coefficient (Wildman–Crippen LogP) is 4.69. The van der Waals surface area contributed by atoms with Gasteiger partial charge in [0.05, 0.1) is 18.5 Å². The number of imidazole rings is 1. The Kier molecular flexibility index (Phi) is 4.33. The van der Waals surface area contributed by atoms with Crippen molar-refractivity contribution in [2.75, 3.05) is 7.11 Å². The van der Waals surface area contributed by atoms with Crippen LogP contribution in [-0.4, -0.2) is 21.6 Å². The molecule has 3 aromatic rings. The molecule has 0 spiro atoms. The van der Waals surface area contributed by atoms with E-state index in [-0.39, 0.29) is 11.2 Å². The molecule has 0 aliphatic carbocycles. The van der Waals surface area contributed by atoms with E-state index in [1.807, 2.05) is 42.0 Å². The molecule has 0 saturated carbocycles. The number of aryl methyl sites for hydroxylation is 1. The minimum absolute atomic E-state index is 0.130. The second-order valence-electron chi connectivity index (χ2n) is 7.05. The molecule has 0 saturated heterocycles. The lowest BCUT2D eigenvalue weighted by molar-refractivity contribution is 0.386. The highest BCUT2D eigenvalue weighted by Crippen LogP contribution is 2.29. The van der Waals surface area contributed by atoms with Gasteiger partial charge in [-0.2, -0.15) is 0 Å². The van der Waals surface area contributed by atoms with Crippen LogP contribution in [0.4, 0.5) is 4.39 Å². The summed E-state index contributed by atoms with van der Waals surface area (Å²) in [5.74, 6) is 0.502. The van der Waals surface area contributed by atoms with Gasteiger partial charge in [0.1, 0.15) is 5.69 Å². The van der Waals surface area contributed by atoms with Crippen LogP contribution in [0.25, 0.3) is 17.2 Å². The van der Waals surface area contributed by atoms with Gasteiger partial charge in [0.15, 0.2) is 17.4 Å². The van der Waals surface area contributed by atoms with Gasteiger partial charge in [-0.25, -0.2) is 14.4 Å². The zero-order valence-electron chi connectivity index (χ0n) is 15.2. The van der Waals surface area contributed by atoms with Crippen molar-refractivity contribution in [3.05, 3.63) is 59.8 Å². The molecular formula is C20H22FN3O. The van der Waals surface area contributed by atoms with Crippen LogP contribution in [-0.2, 0) is 5.41 Å². The molecule has 130 valence electrons. The molecule has 2 aromatic heterocycles. The molecule has 0 atom stereocenters. The fourth-order valence-electron chi connectivity index (χ4n) is 2.59. The molecule has 1 aromatic carbocycles. The average molecular weight is 339 g/mol. The number of hydrogen-bond donors (Lipinski definition) is 0. The molecule has 0 N–H and O–H groups in total. The molecule has 0 aliphatic heterocycles. The lowest BCUT2D eigenvalue weighted by Crippen LogP contribution is -2.11. The van der Waals surface area contributed by atoms with Gasteiger partial charge in [-0.15, -0.1) is 0 Å². The van der Waals surface area contributed by atoms with E-state index in [0.29, 0.717) is 11.5 Å². The average Bonchev–Trinajstić information content (AvgIpc) is 3.00. The van der Waals surface area contributed by atoms with Crippen molar-refractivity contribution in [1.82, 2.24) is 14.5 Å². The number of hydrogen-bond acceptors (Lipinski definition) is 3. The van der Waals surface area contributed by atoms with Crippen LogP contribution < -0.4 is 4.74 Å². The second kappa shape index (κ2) is 6.31. The van der Waals surface area contributed by atoms with Crippen molar-refractivity contribution in [1.29, 1.82) is 0 Å². The van der Waals surface area contributed by atoms with E-state index >= 15 is 0 Å². The van der Waals surface area contributed by atoms with Crippen LogP contribution in [0.3, 0.4) is 0 Å². The lowest BCUT2D eigenvalue weighted by Gasteiger charge is -2.14. The molecule has 0 amide bonds. The molecule has 3 rings (SSSR count). The van der Waals surface area contributed by atoms with Crippen LogP contribution in [0.15, 0.2) is 42.6 Å². The standard InChI is InChI=1S/C20H22FN3O/c1-13-7-6-8-16(22-13)19-23-18(20(2,3)4)12-24(19)14-9-10-17(25-5)15(21)11-14/h6-12H,1-5H3. The van der Waals surface area contributed by atoms with Crippen molar-refractivity contribution in [2.45, 2.75) is 33.1 Å². The third-order valence-electron chi connectivity index (χ3n) is 4.01. The van der Waals surface area contributed by atoms with Gasteiger partial charge in [-0.3, -0.25) is 4.57 Å². The van der Waals surface area contributed by atoms with E-state index in [0.717, 1.165) is 17.1 Å². The normalized spacial score (nSPS) is 11.6. The first-order valence-electron chi connectivity index (χ1n) is 8.17. The van der Waals surface area contributed by atoms with Crippen LogP contribution in [0, 0.1) is 12.7 Å². The minimum Gasteiger partial charge on any atom is -0.494 e. The smallest absolute Gasteiger partial charge is 0.167 e. The summed E-state index contributed by atoms with van der Waals surface area (Å²) in [6.07, 6.45) is 1.95. The van der Waals surface area contributed by atoms with Crippen molar-refractivity contribution in [3.8, 4) is 23.0 Å². The fourth-order valence-corrected chi connectivity index (χ4v) is 2.59. The van der Waals surface area contributed by atoms with Crippen molar-refractivity contribution >= 4 is 0 Å². The Bertz CT molecular complexity index is 910. The van der Waals surface area contributed by atoms with Gasteiger partial charge >= 0.3 is 0 Å². The summed E-state index contributed by atoms with van der Waals surface area (Å²) in [7, 11) is 1.45. The number of pyridine rings is 1. The molecular weight excluding hydrogens is 317 g/mol. The second-order valence-corrected chi connectivity index (χ2v) is 7.05. The Morgan fingerprint density at radius 1 is 1.08 bits per heavy atom. The molecule has 0 fully saturated rings. The summed E-state index contributed by atoms with van der Waals surface area (Å²) in [5.41, 5.74) is 3.13. The maximum Gasteiger partial charge on any atom is 0.167 e. The number of nitrogens with zero attached hydrogens (tertiary/aromatic N) is 3. The molecule has 2 heterocycles. The lowest BCUT2D eigenvalue weighted by atomic mass is 9.93. The third kappa shape index (κ3) is 3.40. The molecule has 0 aliphatic rings. The van der Waals surface area contributed by atoms with E-state index in [2.05, 4.69) is 25.8 Å². The first-order valence-corrected chi connectivity index (χ1v) is 8.17. The topological polar surface area (TPSA) is 39.9 Å². The van der Waals surface area contributed by atoms with Gasteiger partial charge in [0.2, 0.25) is 0 Å². The Hall–Kier alpha value is -2.69. The number of ether oxygens (including phenoxy) is 1. The van der Waals surface area contributed by atoms with Crippen LogP contribution in [0.2, 0.25) is 0 Å². The highest BCUT2D eigenvalue weighted by Gasteiger charge is 2.22. The summed E-state index contributed by atoms with van der Waals surface area (Å²) in [4.78, 5) is 9.37. The molecule has 5 heteroatoms. The van der Waals surface area contributed by atoms with Crippen molar-refractivity contribution in [2.24, 2.45) is 0 Å². The Balaban J connectivity index is 2.21. The number of halogens is 1. The number of aromatic nitrogens is 3. The van der Waals surface area contributed by atoms with E-state index in [1.54, 1.807) is 6.07 Å². The van der Waals surface area contributed by atoms with Crippen LogP contribution in [0.5, 0.6) is 5.75 Å². The zero-order chi connectivity index (χ0) is 18.2. The number of methoxy groups -OCH3 is 1. The van der Waals surface area contributed by atoms with Gasteiger partial charge in [0, 0.05) is 23.4 Å². The first kappa shape index (κ1) is 17.1. The van der Waals surface area contributed by atoms with Crippen molar-refractivity contribution < 1.29 is 9.13 Å². The Labute approximate surface area is 147 Å². The summed E-state index contributed by atoms with van der Waals surface area (Å²) >= 11 is 0. The summed E-state index contributed by atoms with van der Waals surface area (Å²) in [6, 6.07) is 10.7. The summed E-state index contributed by atoms with van der Waals surface area (Å²) in [6.45, 7) is 8.24. The van der Waals surface area contributed by atoms with Gasteiger partial charge in [0.25, 0.3) is 0 Å².